The van der Waals surface area contributed by atoms with E-state index in [0.29, 0.717) is 26.2 Å². The second-order valence-electron chi connectivity index (χ2n) is 5.46. The maximum Gasteiger partial charge on any atom is 0.320 e. The van der Waals surface area contributed by atoms with E-state index in [4.69, 9.17) is 14.6 Å². The maximum atomic E-state index is 12.6. The quantitative estimate of drug-likeness (QED) is 0.794. The van der Waals surface area contributed by atoms with Crippen LogP contribution in [0.15, 0.2) is 0 Å². The zero-order chi connectivity index (χ0) is 14.7. The Labute approximate surface area is 118 Å². The van der Waals surface area contributed by atoms with E-state index in [1.807, 2.05) is 13.8 Å². The van der Waals surface area contributed by atoms with Crippen molar-refractivity contribution in [2.45, 2.75) is 38.5 Å². The Bertz CT molecular complexity index is 366. The molecule has 2 aliphatic heterocycles. The van der Waals surface area contributed by atoms with Crippen LogP contribution in [0.1, 0.15) is 20.3 Å². The number of morpholine rings is 2. The summed E-state index contributed by atoms with van der Waals surface area (Å²) in [6, 6.07) is -0.497. The number of hydrogen-bond acceptors (Lipinski definition) is 4. The monoisotopic (exact) mass is 286 g/mol. The summed E-state index contributed by atoms with van der Waals surface area (Å²) in [6.07, 6.45) is -0.0791. The molecule has 2 rings (SSSR count). The van der Waals surface area contributed by atoms with Crippen molar-refractivity contribution < 1.29 is 24.2 Å². The van der Waals surface area contributed by atoms with Crippen LogP contribution in [0.5, 0.6) is 0 Å². The molecule has 0 bridgehead atoms. The van der Waals surface area contributed by atoms with Gasteiger partial charge in [0.25, 0.3) is 0 Å². The molecule has 0 radical (unpaired) electrons. The third-order valence-corrected chi connectivity index (χ3v) is 3.57. The fraction of sp³-hybridized carbons (Fsp3) is 0.846. The third-order valence-electron chi connectivity index (χ3n) is 3.57. The van der Waals surface area contributed by atoms with Crippen LogP contribution in [0.3, 0.4) is 0 Å². The van der Waals surface area contributed by atoms with Crippen LogP contribution >= 0.6 is 0 Å². The highest BCUT2D eigenvalue weighted by molar-refractivity contribution is 5.76. The maximum absolute atomic E-state index is 12.6. The molecule has 2 aliphatic rings. The highest BCUT2D eigenvalue weighted by Crippen LogP contribution is 2.17. The number of carboxylic acid groups (broad SMARTS) is 1. The fourth-order valence-corrected chi connectivity index (χ4v) is 2.79. The number of nitrogens with zero attached hydrogens (tertiary/aromatic N) is 2. The molecule has 2 saturated heterocycles. The van der Waals surface area contributed by atoms with Crippen molar-refractivity contribution in [1.29, 1.82) is 0 Å². The molecule has 114 valence electrons. The summed E-state index contributed by atoms with van der Waals surface area (Å²) in [5.74, 6) is -0.915. The highest BCUT2D eigenvalue weighted by atomic mass is 16.5. The van der Waals surface area contributed by atoms with E-state index < -0.39 is 5.97 Å². The molecule has 0 aliphatic carbocycles. The van der Waals surface area contributed by atoms with Gasteiger partial charge in [0.15, 0.2) is 0 Å². The van der Waals surface area contributed by atoms with Crippen LogP contribution in [0, 0.1) is 0 Å². The van der Waals surface area contributed by atoms with E-state index in [-0.39, 0.29) is 37.3 Å². The van der Waals surface area contributed by atoms with Crippen molar-refractivity contribution in [2.24, 2.45) is 0 Å². The zero-order valence-electron chi connectivity index (χ0n) is 11.9. The first-order valence-electron chi connectivity index (χ1n) is 6.98. The summed E-state index contributed by atoms with van der Waals surface area (Å²) in [5, 5.41) is 8.93. The Morgan fingerprint density at radius 3 is 2.50 bits per heavy atom. The number of urea groups is 1. The molecule has 7 heteroatoms. The number of carbonyl (C=O) groups excluding carboxylic acids is 1. The highest BCUT2D eigenvalue weighted by Gasteiger charge is 2.34. The number of rotatable bonds is 2. The van der Waals surface area contributed by atoms with Gasteiger partial charge in [0, 0.05) is 19.6 Å². The summed E-state index contributed by atoms with van der Waals surface area (Å²) >= 11 is 0. The normalized spacial score (nSPS) is 31.2. The van der Waals surface area contributed by atoms with E-state index in [0.717, 1.165) is 0 Å². The molecule has 2 amide bonds. The smallest absolute Gasteiger partial charge is 0.320 e. The number of aliphatic carboxylic acids is 1. The van der Waals surface area contributed by atoms with E-state index >= 15 is 0 Å². The first-order valence-corrected chi connectivity index (χ1v) is 6.98. The van der Waals surface area contributed by atoms with Gasteiger partial charge in [-0.25, -0.2) is 4.79 Å². The van der Waals surface area contributed by atoms with Gasteiger partial charge in [-0.2, -0.15) is 0 Å². The van der Waals surface area contributed by atoms with Gasteiger partial charge in [-0.3, -0.25) is 4.79 Å². The van der Waals surface area contributed by atoms with Gasteiger partial charge in [-0.15, -0.1) is 0 Å². The van der Waals surface area contributed by atoms with Crippen molar-refractivity contribution in [2.75, 3.05) is 32.8 Å². The molecule has 1 N–H and O–H groups in total. The van der Waals surface area contributed by atoms with Crippen LogP contribution in [-0.4, -0.2) is 78.0 Å². The van der Waals surface area contributed by atoms with Crippen LogP contribution in [-0.2, 0) is 14.3 Å². The second kappa shape index (κ2) is 6.41. The predicted octanol–water partition coefficient (Wildman–Crippen LogP) is 0.391. The van der Waals surface area contributed by atoms with E-state index in [9.17, 15) is 9.59 Å². The van der Waals surface area contributed by atoms with Crippen molar-refractivity contribution in [1.82, 2.24) is 9.80 Å². The van der Waals surface area contributed by atoms with Gasteiger partial charge in [0.2, 0.25) is 0 Å². The van der Waals surface area contributed by atoms with E-state index in [1.165, 1.54) is 0 Å². The first kappa shape index (κ1) is 15.1. The molecule has 20 heavy (non-hydrogen) atoms. The molecule has 0 aromatic heterocycles. The average Bonchev–Trinajstić information content (AvgIpc) is 2.36. The molecule has 0 spiro atoms. The minimum Gasteiger partial charge on any atom is -0.481 e. The van der Waals surface area contributed by atoms with Crippen LogP contribution in [0.4, 0.5) is 4.79 Å². The lowest BCUT2D eigenvalue weighted by molar-refractivity contribution is -0.139. The summed E-state index contributed by atoms with van der Waals surface area (Å²) in [5.41, 5.74) is 0. The largest absolute Gasteiger partial charge is 0.481 e. The molecule has 0 saturated carbocycles. The Hall–Kier alpha value is -1.34. The minimum atomic E-state index is -0.915. The Morgan fingerprint density at radius 1 is 1.25 bits per heavy atom. The molecule has 2 fully saturated rings. The lowest BCUT2D eigenvalue weighted by atomic mass is 10.1. The first-order chi connectivity index (χ1) is 9.47. The SMILES string of the molecule is CC1CN(C(=O)N2CCOCC2CC(=O)O)CC(C)O1. The molecule has 2 heterocycles. The summed E-state index contributed by atoms with van der Waals surface area (Å²) in [6.45, 7) is 6.14. The Kier molecular flexibility index (Phi) is 4.82. The lowest BCUT2D eigenvalue weighted by Crippen LogP contribution is -2.58. The number of hydrogen-bond donors (Lipinski definition) is 1. The van der Waals surface area contributed by atoms with Crippen molar-refractivity contribution in [3.63, 3.8) is 0 Å². The number of amides is 2. The van der Waals surface area contributed by atoms with Crippen molar-refractivity contribution >= 4 is 12.0 Å². The van der Waals surface area contributed by atoms with E-state index in [1.54, 1.807) is 9.80 Å². The molecular weight excluding hydrogens is 264 g/mol. The standard InChI is InChI=1S/C13H22N2O5/c1-9-6-14(7-10(2)20-9)13(18)15-3-4-19-8-11(15)5-12(16)17/h9-11H,3-8H2,1-2H3,(H,16,17). The Balaban J connectivity index is 2.03. The molecule has 0 aromatic carbocycles. The van der Waals surface area contributed by atoms with Crippen molar-refractivity contribution in [3.8, 4) is 0 Å². The van der Waals surface area contributed by atoms with Crippen molar-refractivity contribution in [3.05, 3.63) is 0 Å². The summed E-state index contributed by atoms with van der Waals surface area (Å²) in [7, 11) is 0. The van der Waals surface area contributed by atoms with Crippen LogP contribution in [0.25, 0.3) is 0 Å². The molecule has 0 aromatic rings. The topological polar surface area (TPSA) is 79.3 Å². The second-order valence-corrected chi connectivity index (χ2v) is 5.46. The molecule has 7 nitrogen and oxygen atoms in total. The van der Waals surface area contributed by atoms with Gasteiger partial charge in [0.05, 0.1) is 37.9 Å². The molecular formula is C13H22N2O5. The number of carbonyl (C=O) groups is 2. The summed E-state index contributed by atoms with van der Waals surface area (Å²) < 4.78 is 10.9. The van der Waals surface area contributed by atoms with Gasteiger partial charge in [-0.1, -0.05) is 0 Å². The fourth-order valence-electron chi connectivity index (χ4n) is 2.79. The zero-order valence-corrected chi connectivity index (χ0v) is 11.9. The predicted molar refractivity (Wildman–Crippen MR) is 70.5 cm³/mol. The molecule has 3 unspecified atom stereocenters. The van der Waals surface area contributed by atoms with Gasteiger partial charge in [-0.05, 0) is 13.8 Å². The number of carboxylic acids is 1. The van der Waals surface area contributed by atoms with Gasteiger partial charge < -0.3 is 24.4 Å². The molecule has 3 atom stereocenters. The number of ether oxygens (including phenoxy) is 2. The van der Waals surface area contributed by atoms with Gasteiger partial charge in [0.1, 0.15) is 0 Å². The summed E-state index contributed by atoms with van der Waals surface area (Å²) in [4.78, 5) is 26.8. The van der Waals surface area contributed by atoms with E-state index in [2.05, 4.69) is 0 Å². The third kappa shape index (κ3) is 3.61. The average molecular weight is 286 g/mol. The lowest BCUT2D eigenvalue weighted by Gasteiger charge is -2.42. The minimum absolute atomic E-state index is 0.00154. The Morgan fingerprint density at radius 2 is 1.90 bits per heavy atom. The van der Waals surface area contributed by atoms with Crippen LogP contribution in [0.2, 0.25) is 0 Å². The van der Waals surface area contributed by atoms with Gasteiger partial charge >= 0.3 is 12.0 Å². The van der Waals surface area contributed by atoms with Crippen LogP contribution < -0.4 is 0 Å².